The van der Waals surface area contributed by atoms with E-state index in [1.54, 1.807) is 10.8 Å². The number of H-pyrrole nitrogens is 1. The van der Waals surface area contributed by atoms with Crippen LogP contribution in [0.1, 0.15) is 12.1 Å². The average molecular weight is 250 g/mol. The quantitative estimate of drug-likeness (QED) is 0.745. The van der Waals surface area contributed by atoms with Gasteiger partial charge in [-0.05, 0) is 18.6 Å². The Morgan fingerprint density at radius 1 is 1.60 bits per heavy atom. The molecule has 15 heavy (non-hydrogen) atoms. The lowest BCUT2D eigenvalue weighted by molar-refractivity contribution is 0.270. The number of nitrogens with one attached hydrogen (secondary N) is 1. The van der Waals surface area contributed by atoms with Gasteiger partial charge in [-0.3, -0.25) is 0 Å². The molecule has 86 valence electrons. The molecule has 0 saturated carbocycles. The lowest BCUT2D eigenvalue weighted by Crippen LogP contribution is -2.09. The van der Waals surface area contributed by atoms with Gasteiger partial charge < -0.3 is 14.7 Å². The predicted octanol–water partition coefficient (Wildman–Crippen LogP) is 0.473. The molecule has 0 bridgehead atoms. The fourth-order valence-corrected chi connectivity index (χ4v) is 2.21. The minimum atomic E-state index is -2.93. The Bertz CT molecular complexity index is 472. The first-order valence-corrected chi connectivity index (χ1v) is 6.96. The van der Waals surface area contributed by atoms with Crippen molar-refractivity contribution >= 4 is 22.1 Å². The minimum absolute atomic E-state index is 0.105. The molecule has 5 nitrogen and oxygen atoms in total. The van der Waals surface area contributed by atoms with Crippen LogP contribution in [0, 0.1) is 4.77 Å². The monoisotopic (exact) mass is 250 g/mol. The van der Waals surface area contributed by atoms with Gasteiger partial charge >= 0.3 is 0 Å². The van der Waals surface area contributed by atoms with E-state index in [2.05, 4.69) is 4.98 Å². The summed E-state index contributed by atoms with van der Waals surface area (Å²) in [5, 5.41) is 8.99. The summed E-state index contributed by atoms with van der Waals surface area (Å²) in [5.74, 6) is 0.130. The molecule has 1 heterocycles. The second-order valence-electron chi connectivity index (χ2n) is 3.38. The molecule has 1 aromatic rings. The molecule has 0 atom stereocenters. The van der Waals surface area contributed by atoms with Crippen LogP contribution in [0.25, 0.3) is 0 Å². The molecule has 0 saturated heterocycles. The highest BCUT2D eigenvalue weighted by Crippen LogP contribution is 2.03. The Labute approximate surface area is 93.7 Å². The molecule has 0 amide bonds. The first kappa shape index (κ1) is 12.4. The van der Waals surface area contributed by atoms with Crippen LogP contribution >= 0.6 is 12.2 Å². The van der Waals surface area contributed by atoms with Crippen molar-refractivity contribution in [3.8, 4) is 0 Å². The zero-order valence-electron chi connectivity index (χ0n) is 8.43. The van der Waals surface area contributed by atoms with Crippen LogP contribution in [-0.4, -0.2) is 35.1 Å². The number of sulfone groups is 1. The number of aliphatic hydroxyl groups excluding tert-OH is 1. The third-order valence-electron chi connectivity index (χ3n) is 2.01. The van der Waals surface area contributed by atoms with Crippen molar-refractivity contribution in [2.45, 2.75) is 19.6 Å². The van der Waals surface area contributed by atoms with E-state index in [-0.39, 0.29) is 12.4 Å². The average Bonchev–Trinajstić information content (AvgIpc) is 2.46. The molecule has 0 radical (unpaired) electrons. The van der Waals surface area contributed by atoms with Crippen LogP contribution in [0.2, 0.25) is 0 Å². The van der Waals surface area contributed by atoms with E-state index in [0.29, 0.717) is 23.4 Å². The van der Waals surface area contributed by atoms with Crippen molar-refractivity contribution in [2.24, 2.45) is 0 Å². The highest BCUT2D eigenvalue weighted by molar-refractivity contribution is 7.90. The number of aliphatic hydroxyl groups is 1. The van der Waals surface area contributed by atoms with Gasteiger partial charge in [0.1, 0.15) is 9.84 Å². The predicted molar refractivity (Wildman–Crippen MR) is 59.9 cm³/mol. The molecule has 0 fully saturated rings. The first-order chi connectivity index (χ1) is 6.94. The molecule has 0 aliphatic heterocycles. The number of aromatic amines is 1. The third kappa shape index (κ3) is 3.77. The Morgan fingerprint density at radius 3 is 2.80 bits per heavy atom. The number of rotatable bonds is 5. The van der Waals surface area contributed by atoms with Crippen LogP contribution in [-0.2, 0) is 23.0 Å². The second-order valence-corrected chi connectivity index (χ2v) is 6.02. The van der Waals surface area contributed by atoms with Gasteiger partial charge in [0, 0.05) is 19.0 Å². The van der Waals surface area contributed by atoms with E-state index in [1.807, 2.05) is 0 Å². The summed E-state index contributed by atoms with van der Waals surface area (Å²) < 4.78 is 24.0. The molecule has 0 aliphatic rings. The number of hydrogen-bond acceptors (Lipinski definition) is 4. The summed E-state index contributed by atoms with van der Waals surface area (Å²) in [6.45, 7) is 0.400. The van der Waals surface area contributed by atoms with E-state index in [1.165, 1.54) is 6.26 Å². The Hall–Kier alpha value is -0.660. The maximum absolute atomic E-state index is 10.9. The number of nitrogens with zero attached hydrogens (tertiary/aromatic N) is 1. The number of hydrogen-bond donors (Lipinski definition) is 2. The Balaban J connectivity index is 2.65. The van der Waals surface area contributed by atoms with E-state index in [9.17, 15) is 8.42 Å². The molecular weight excluding hydrogens is 236 g/mol. The van der Waals surface area contributed by atoms with Gasteiger partial charge in [-0.1, -0.05) is 0 Å². The smallest absolute Gasteiger partial charge is 0.177 e. The van der Waals surface area contributed by atoms with E-state index in [4.69, 9.17) is 17.3 Å². The molecule has 0 unspecified atom stereocenters. The summed E-state index contributed by atoms with van der Waals surface area (Å²) in [5.41, 5.74) is 0.675. The molecule has 0 aromatic carbocycles. The molecule has 1 aromatic heterocycles. The van der Waals surface area contributed by atoms with Gasteiger partial charge in [0.05, 0.1) is 18.1 Å². The SMILES string of the molecule is CS(=O)(=O)CCCn1c(CO)c[nH]c1=S. The Morgan fingerprint density at radius 2 is 2.27 bits per heavy atom. The third-order valence-corrected chi connectivity index (χ3v) is 3.38. The van der Waals surface area contributed by atoms with Gasteiger partial charge in [0.2, 0.25) is 0 Å². The topological polar surface area (TPSA) is 75.1 Å². The van der Waals surface area contributed by atoms with Crippen molar-refractivity contribution in [1.29, 1.82) is 0 Å². The van der Waals surface area contributed by atoms with Crippen molar-refractivity contribution in [2.75, 3.05) is 12.0 Å². The van der Waals surface area contributed by atoms with Crippen LogP contribution in [0.15, 0.2) is 6.20 Å². The summed E-state index contributed by atoms with van der Waals surface area (Å²) in [4.78, 5) is 2.80. The molecule has 7 heteroatoms. The zero-order valence-corrected chi connectivity index (χ0v) is 10.1. The summed E-state index contributed by atoms with van der Waals surface area (Å²) in [6, 6.07) is 0. The summed E-state index contributed by atoms with van der Waals surface area (Å²) in [7, 11) is -2.93. The van der Waals surface area contributed by atoms with Gasteiger partial charge in [0.25, 0.3) is 0 Å². The van der Waals surface area contributed by atoms with Gasteiger partial charge in [-0.25, -0.2) is 8.42 Å². The minimum Gasteiger partial charge on any atom is -0.390 e. The van der Waals surface area contributed by atoms with Crippen LogP contribution < -0.4 is 0 Å². The van der Waals surface area contributed by atoms with E-state index in [0.717, 1.165) is 0 Å². The standard InChI is InChI=1S/C8H14N2O3S2/c1-15(12,13)4-2-3-10-7(6-11)5-9-8(10)14/h5,11H,2-4,6H2,1H3,(H,9,14). The van der Waals surface area contributed by atoms with Gasteiger partial charge in [0.15, 0.2) is 4.77 Å². The van der Waals surface area contributed by atoms with Crippen molar-refractivity contribution in [1.82, 2.24) is 9.55 Å². The van der Waals surface area contributed by atoms with Gasteiger partial charge in [-0.2, -0.15) is 0 Å². The molecular formula is C8H14N2O3S2. The Kier molecular flexibility index (Phi) is 4.06. The van der Waals surface area contributed by atoms with Crippen molar-refractivity contribution in [3.05, 3.63) is 16.7 Å². The fraction of sp³-hybridized carbons (Fsp3) is 0.625. The van der Waals surface area contributed by atoms with Crippen LogP contribution in [0.3, 0.4) is 0 Å². The molecule has 2 N–H and O–H groups in total. The second kappa shape index (κ2) is 4.91. The highest BCUT2D eigenvalue weighted by atomic mass is 32.2. The normalized spacial score (nSPS) is 11.9. The molecule has 0 aliphatic carbocycles. The number of imidazole rings is 1. The van der Waals surface area contributed by atoms with Gasteiger partial charge in [-0.15, -0.1) is 0 Å². The number of aromatic nitrogens is 2. The summed E-state index contributed by atoms with van der Waals surface area (Å²) in [6.07, 6.45) is 3.33. The molecule has 1 rings (SSSR count). The largest absolute Gasteiger partial charge is 0.390 e. The maximum Gasteiger partial charge on any atom is 0.177 e. The summed E-state index contributed by atoms with van der Waals surface area (Å²) >= 11 is 4.99. The van der Waals surface area contributed by atoms with Crippen LogP contribution in [0.5, 0.6) is 0 Å². The van der Waals surface area contributed by atoms with E-state index >= 15 is 0 Å². The molecule has 0 spiro atoms. The highest BCUT2D eigenvalue weighted by Gasteiger charge is 2.05. The zero-order chi connectivity index (χ0) is 11.5. The van der Waals surface area contributed by atoms with Crippen molar-refractivity contribution in [3.63, 3.8) is 0 Å². The lowest BCUT2D eigenvalue weighted by Gasteiger charge is -2.05. The van der Waals surface area contributed by atoms with Crippen LogP contribution in [0.4, 0.5) is 0 Å². The fourth-order valence-electron chi connectivity index (χ4n) is 1.29. The van der Waals surface area contributed by atoms with Crippen molar-refractivity contribution < 1.29 is 13.5 Å². The maximum atomic E-state index is 10.9. The van der Waals surface area contributed by atoms with E-state index < -0.39 is 9.84 Å². The lowest BCUT2D eigenvalue weighted by atomic mass is 10.4. The first-order valence-electron chi connectivity index (χ1n) is 4.49.